The van der Waals surface area contributed by atoms with Gasteiger partial charge in [0, 0.05) is 23.7 Å². The van der Waals surface area contributed by atoms with Gasteiger partial charge < -0.3 is 8.98 Å². The molecule has 1 aromatic carbocycles. The van der Waals surface area contributed by atoms with E-state index in [0.29, 0.717) is 16.6 Å². The Morgan fingerprint density at radius 1 is 1.03 bits per heavy atom. The van der Waals surface area contributed by atoms with E-state index in [1.165, 1.54) is 38.5 Å². The summed E-state index contributed by atoms with van der Waals surface area (Å²) in [6.45, 7) is 3.09. The monoisotopic (exact) mass is 482 g/mol. The number of aromatic nitrogens is 4. The van der Waals surface area contributed by atoms with Gasteiger partial charge in [0.2, 0.25) is 0 Å². The Balaban J connectivity index is 1.32. The number of nitrogens with zero attached hydrogens (tertiary/aromatic N) is 4. The van der Waals surface area contributed by atoms with Crippen LogP contribution in [0.25, 0.3) is 33.5 Å². The molecule has 186 valence electrons. The van der Waals surface area contributed by atoms with E-state index < -0.39 is 0 Å². The highest BCUT2D eigenvalue weighted by atomic mass is 16.3. The van der Waals surface area contributed by atoms with Gasteiger partial charge in [-0.15, -0.1) is 5.10 Å². The van der Waals surface area contributed by atoms with Crippen molar-refractivity contribution in [3.05, 3.63) is 59.2 Å². The lowest BCUT2D eigenvalue weighted by atomic mass is 9.53. The maximum atomic E-state index is 13.9. The second kappa shape index (κ2) is 8.46. The number of fused-ring (bicyclic) bond motifs is 1. The van der Waals surface area contributed by atoms with E-state index in [-0.39, 0.29) is 11.0 Å². The normalized spacial score (nSPS) is 26.8. The van der Waals surface area contributed by atoms with E-state index in [1.54, 1.807) is 6.26 Å². The molecule has 4 aromatic rings. The van der Waals surface area contributed by atoms with Crippen LogP contribution in [0.1, 0.15) is 64.7 Å². The number of unbranched alkanes of at least 4 members (excludes halogenated alkanes) is 2. The van der Waals surface area contributed by atoms with Crippen molar-refractivity contribution in [2.24, 2.45) is 17.8 Å². The Bertz CT molecular complexity index is 1430. The summed E-state index contributed by atoms with van der Waals surface area (Å²) in [5.41, 5.74) is 3.34. The third kappa shape index (κ3) is 3.56. The molecule has 0 aliphatic heterocycles. The lowest BCUT2D eigenvalue weighted by Gasteiger charge is -2.56. The molecule has 4 fully saturated rings. The first-order chi connectivity index (χ1) is 17.6. The highest BCUT2D eigenvalue weighted by molar-refractivity contribution is 5.87. The average molecular weight is 483 g/mol. The van der Waals surface area contributed by atoms with Crippen LogP contribution in [0.5, 0.6) is 0 Å². The molecule has 36 heavy (non-hydrogen) atoms. The van der Waals surface area contributed by atoms with Gasteiger partial charge in [0.05, 0.1) is 29.1 Å². The molecule has 0 amide bonds. The largest absolute Gasteiger partial charge is 0.464 e. The molecule has 0 unspecified atom stereocenters. The van der Waals surface area contributed by atoms with Crippen LogP contribution in [0.2, 0.25) is 0 Å². The molecule has 0 saturated heterocycles. The van der Waals surface area contributed by atoms with Crippen molar-refractivity contribution in [3.8, 4) is 22.6 Å². The number of rotatable bonds is 7. The fraction of sp³-hybridized carbons (Fsp3) is 0.500. The molecular formula is C30H34N4O2. The smallest absolute Gasteiger partial charge is 0.198 e. The maximum Gasteiger partial charge on any atom is 0.198 e. The summed E-state index contributed by atoms with van der Waals surface area (Å²) in [5, 5.41) is 9.98. The summed E-state index contributed by atoms with van der Waals surface area (Å²) < 4.78 is 10.0. The maximum absolute atomic E-state index is 13.9. The van der Waals surface area contributed by atoms with Crippen molar-refractivity contribution in [2.45, 2.75) is 76.8 Å². The minimum atomic E-state index is 0.0164. The quantitative estimate of drug-likeness (QED) is 0.277. The molecule has 0 N–H and O–H groups in total. The van der Waals surface area contributed by atoms with Gasteiger partial charge >= 0.3 is 0 Å². The minimum absolute atomic E-state index is 0.0164. The van der Waals surface area contributed by atoms with E-state index in [1.807, 2.05) is 30.5 Å². The van der Waals surface area contributed by atoms with E-state index in [4.69, 9.17) is 4.42 Å². The van der Waals surface area contributed by atoms with E-state index in [0.717, 1.165) is 60.4 Å². The van der Waals surface area contributed by atoms with Gasteiger partial charge in [-0.3, -0.25) is 4.79 Å². The molecule has 0 spiro atoms. The Labute approximate surface area is 211 Å². The van der Waals surface area contributed by atoms with Crippen LogP contribution in [-0.4, -0.2) is 19.6 Å². The topological polar surface area (TPSA) is 65.8 Å². The molecule has 8 rings (SSSR count). The first kappa shape index (κ1) is 22.1. The molecule has 0 radical (unpaired) electrons. The highest BCUT2D eigenvalue weighted by Crippen LogP contribution is 2.58. The van der Waals surface area contributed by atoms with Gasteiger partial charge in [0.15, 0.2) is 5.43 Å². The van der Waals surface area contributed by atoms with Crippen molar-refractivity contribution in [3.63, 3.8) is 0 Å². The summed E-state index contributed by atoms with van der Waals surface area (Å²) in [6.07, 6.45) is 17.0. The second-order valence-electron chi connectivity index (χ2n) is 11.7. The highest BCUT2D eigenvalue weighted by Gasteiger charge is 2.52. The molecule has 4 bridgehead atoms. The molecular weight excluding hydrogens is 448 g/mol. The van der Waals surface area contributed by atoms with Gasteiger partial charge in [-0.05, 0) is 93.0 Å². The molecule has 4 saturated carbocycles. The number of hydrogen-bond donors (Lipinski definition) is 0. The van der Waals surface area contributed by atoms with Crippen LogP contribution in [-0.2, 0) is 12.1 Å². The molecule has 0 atom stereocenters. The summed E-state index contributed by atoms with van der Waals surface area (Å²) in [6, 6.07) is 9.87. The zero-order chi connectivity index (χ0) is 24.3. The number of hydrogen-bond acceptors (Lipinski definition) is 4. The number of furan rings is 1. The predicted octanol–water partition coefficient (Wildman–Crippen LogP) is 6.64. The Morgan fingerprint density at radius 3 is 2.50 bits per heavy atom. The zero-order valence-electron chi connectivity index (χ0n) is 21.0. The summed E-state index contributed by atoms with van der Waals surface area (Å²) in [4.78, 5) is 13.9. The van der Waals surface area contributed by atoms with Crippen LogP contribution >= 0.6 is 0 Å². The van der Waals surface area contributed by atoms with Gasteiger partial charge in [0.1, 0.15) is 11.5 Å². The standard InChI is InChI=1S/C30H34N4O2/c1-2-3-4-9-33-18-25(29(35)24-14-23(7-8-27(24)33)28-6-5-10-36-28)26-19-34(32-31-26)30-15-20-11-21(16-30)13-22(12-20)17-30/h5-8,10,14,18-22H,2-4,9,11-13,15-17H2,1H3. The van der Waals surface area contributed by atoms with Crippen molar-refractivity contribution in [1.82, 2.24) is 19.6 Å². The zero-order valence-corrected chi connectivity index (χ0v) is 21.0. The van der Waals surface area contributed by atoms with E-state index in [2.05, 4.69) is 38.7 Å². The average Bonchev–Trinajstić information content (AvgIpc) is 3.58. The molecule has 4 aliphatic carbocycles. The SMILES string of the molecule is CCCCCn1cc(-c2cn(C34CC5CC(CC(C5)C3)C4)nn2)c(=O)c2cc(-c3ccco3)ccc21. The fourth-order valence-electron chi connectivity index (χ4n) is 7.86. The molecule has 4 aliphatic rings. The second-order valence-corrected chi connectivity index (χ2v) is 11.7. The lowest BCUT2D eigenvalue weighted by molar-refractivity contribution is -0.0502. The van der Waals surface area contributed by atoms with Crippen molar-refractivity contribution < 1.29 is 4.42 Å². The van der Waals surface area contributed by atoms with E-state index >= 15 is 0 Å². The minimum Gasteiger partial charge on any atom is -0.464 e. The predicted molar refractivity (Wildman–Crippen MR) is 141 cm³/mol. The van der Waals surface area contributed by atoms with Crippen LogP contribution in [0.3, 0.4) is 0 Å². The number of pyridine rings is 1. The van der Waals surface area contributed by atoms with Crippen molar-refractivity contribution >= 4 is 10.9 Å². The summed E-state index contributed by atoms with van der Waals surface area (Å²) >= 11 is 0. The van der Waals surface area contributed by atoms with Gasteiger partial charge in [-0.2, -0.15) is 0 Å². The van der Waals surface area contributed by atoms with Crippen molar-refractivity contribution in [2.75, 3.05) is 0 Å². The van der Waals surface area contributed by atoms with Gasteiger partial charge in [0.25, 0.3) is 0 Å². The van der Waals surface area contributed by atoms with Crippen LogP contribution in [0.15, 0.2) is 58.2 Å². The van der Waals surface area contributed by atoms with Gasteiger partial charge in [-0.25, -0.2) is 4.68 Å². The Kier molecular flexibility index (Phi) is 5.19. The molecule has 3 heterocycles. The van der Waals surface area contributed by atoms with E-state index in [9.17, 15) is 4.79 Å². The third-order valence-corrected chi connectivity index (χ3v) is 9.15. The van der Waals surface area contributed by atoms with Crippen LogP contribution in [0, 0.1) is 17.8 Å². The number of benzene rings is 1. The summed E-state index contributed by atoms with van der Waals surface area (Å²) in [5.74, 6) is 3.27. The molecule has 3 aromatic heterocycles. The first-order valence-corrected chi connectivity index (χ1v) is 13.8. The fourth-order valence-corrected chi connectivity index (χ4v) is 7.86. The molecule has 6 heteroatoms. The van der Waals surface area contributed by atoms with Crippen LogP contribution < -0.4 is 5.43 Å². The Morgan fingerprint density at radius 2 is 1.81 bits per heavy atom. The van der Waals surface area contributed by atoms with Crippen LogP contribution in [0.4, 0.5) is 0 Å². The lowest BCUT2D eigenvalue weighted by Crippen LogP contribution is -2.52. The summed E-state index contributed by atoms with van der Waals surface area (Å²) in [7, 11) is 0. The number of aryl methyl sites for hydroxylation is 1. The Hall–Kier alpha value is -3.15. The third-order valence-electron chi connectivity index (χ3n) is 9.15. The van der Waals surface area contributed by atoms with Crippen molar-refractivity contribution in [1.29, 1.82) is 0 Å². The van der Waals surface area contributed by atoms with Gasteiger partial charge in [-0.1, -0.05) is 25.0 Å². The first-order valence-electron chi connectivity index (χ1n) is 13.8. The molecule has 6 nitrogen and oxygen atoms in total.